The average molecular weight is 239 g/mol. The molecule has 0 amide bonds. The Hall–Kier alpha value is -2.54. The minimum absolute atomic E-state index is 0.628. The van der Waals surface area contributed by atoms with Crippen LogP contribution in [0.15, 0.2) is 35.5 Å². The molecule has 0 radical (unpaired) electrons. The molecule has 0 aliphatic heterocycles. The number of aryl methyl sites for hydroxylation is 1. The normalized spacial score (nSPS) is 10.7. The van der Waals surface area contributed by atoms with Crippen molar-refractivity contribution in [2.45, 2.75) is 6.92 Å². The molecule has 0 atom stereocenters. The van der Waals surface area contributed by atoms with E-state index in [1.807, 2.05) is 42.8 Å². The van der Waals surface area contributed by atoms with Crippen LogP contribution in [0.25, 0.3) is 11.3 Å². The molecule has 0 saturated carbocycles. The van der Waals surface area contributed by atoms with Crippen LogP contribution in [-0.2, 0) is 7.05 Å². The van der Waals surface area contributed by atoms with E-state index in [2.05, 4.69) is 11.2 Å². The predicted molar refractivity (Wildman–Crippen MR) is 69.7 cm³/mol. The highest BCUT2D eigenvalue weighted by molar-refractivity contribution is 5.82. The standard InChI is InChI=1S/C14H13N3O/c1-10-7-11(3-4-12(10)9-16-18)14-6-5-13(8-15)17(14)2/h3-7,9,18H,1-2H3/b16-9+. The average Bonchev–Trinajstić information content (AvgIpc) is 2.73. The summed E-state index contributed by atoms with van der Waals surface area (Å²) in [6, 6.07) is 11.7. The summed E-state index contributed by atoms with van der Waals surface area (Å²) in [5.41, 5.74) is 4.54. The highest BCUT2D eigenvalue weighted by Crippen LogP contribution is 2.23. The molecule has 4 nitrogen and oxygen atoms in total. The highest BCUT2D eigenvalue weighted by atomic mass is 16.4. The van der Waals surface area contributed by atoms with E-state index >= 15 is 0 Å². The van der Waals surface area contributed by atoms with E-state index < -0.39 is 0 Å². The van der Waals surface area contributed by atoms with Crippen molar-refractivity contribution in [1.82, 2.24) is 4.57 Å². The Labute approximate surface area is 105 Å². The number of nitrogens with zero attached hydrogens (tertiary/aromatic N) is 3. The molecule has 2 rings (SSSR count). The van der Waals surface area contributed by atoms with Crippen molar-refractivity contribution >= 4 is 6.21 Å². The monoisotopic (exact) mass is 239 g/mol. The van der Waals surface area contributed by atoms with Crippen LogP contribution in [0.5, 0.6) is 0 Å². The minimum atomic E-state index is 0.628. The van der Waals surface area contributed by atoms with Gasteiger partial charge in [-0.15, -0.1) is 0 Å². The lowest BCUT2D eigenvalue weighted by atomic mass is 10.0. The van der Waals surface area contributed by atoms with Gasteiger partial charge in [0, 0.05) is 12.7 Å². The zero-order valence-electron chi connectivity index (χ0n) is 10.3. The van der Waals surface area contributed by atoms with Gasteiger partial charge in [-0.25, -0.2) is 0 Å². The summed E-state index contributed by atoms with van der Waals surface area (Å²) in [6.07, 6.45) is 1.41. The highest BCUT2D eigenvalue weighted by Gasteiger charge is 2.07. The van der Waals surface area contributed by atoms with Gasteiger partial charge in [0.05, 0.1) is 6.21 Å². The molecule has 1 N–H and O–H groups in total. The molecule has 0 aliphatic rings. The minimum Gasteiger partial charge on any atom is -0.411 e. The van der Waals surface area contributed by atoms with Crippen LogP contribution in [0.1, 0.15) is 16.8 Å². The van der Waals surface area contributed by atoms with Crippen LogP contribution in [0, 0.1) is 18.3 Å². The number of aromatic nitrogens is 1. The lowest BCUT2D eigenvalue weighted by Gasteiger charge is -2.07. The van der Waals surface area contributed by atoms with Gasteiger partial charge < -0.3 is 9.77 Å². The number of oxime groups is 1. The Morgan fingerprint density at radius 3 is 2.67 bits per heavy atom. The first-order valence-corrected chi connectivity index (χ1v) is 5.51. The molecule has 1 heterocycles. The van der Waals surface area contributed by atoms with Crippen LogP contribution in [0.4, 0.5) is 0 Å². The molecule has 0 fully saturated rings. The Kier molecular flexibility index (Phi) is 3.16. The van der Waals surface area contributed by atoms with Crippen LogP contribution in [-0.4, -0.2) is 16.0 Å². The molecule has 1 aromatic heterocycles. The van der Waals surface area contributed by atoms with Gasteiger partial charge in [-0.2, -0.15) is 5.26 Å². The molecule has 4 heteroatoms. The van der Waals surface area contributed by atoms with Crippen molar-refractivity contribution in [3.8, 4) is 17.3 Å². The maximum absolute atomic E-state index is 8.93. The van der Waals surface area contributed by atoms with Crippen molar-refractivity contribution in [3.63, 3.8) is 0 Å². The topological polar surface area (TPSA) is 61.3 Å². The summed E-state index contributed by atoms with van der Waals surface area (Å²) in [5.74, 6) is 0. The summed E-state index contributed by atoms with van der Waals surface area (Å²) >= 11 is 0. The summed E-state index contributed by atoms with van der Waals surface area (Å²) in [7, 11) is 1.87. The summed E-state index contributed by atoms with van der Waals surface area (Å²) in [6.45, 7) is 1.95. The SMILES string of the molecule is Cc1cc(-c2ccc(C#N)n2C)ccc1/C=N/O. The van der Waals surface area contributed by atoms with E-state index in [4.69, 9.17) is 10.5 Å². The van der Waals surface area contributed by atoms with Gasteiger partial charge in [0.15, 0.2) is 0 Å². The van der Waals surface area contributed by atoms with E-state index in [1.165, 1.54) is 6.21 Å². The molecule has 90 valence electrons. The number of benzene rings is 1. The van der Waals surface area contributed by atoms with Gasteiger partial charge in [-0.05, 0) is 41.8 Å². The van der Waals surface area contributed by atoms with Gasteiger partial charge in [-0.1, -0.05) is 17.3 Å². The summed E-state index contributed by atoms with van der Waals surface area (Å²) in [4.78, 5) is 0. The van der Waals surface area contributed by atoms with Crippen molar-refractivity contribution < 1.29 is 5.21 Å². The second-order valence-corrected chi connectivity index (χ2v) is 4.09. The maximum Gasteiger partial charge on any atom is 0.120 e. The van der Waals surface area contributed by atoms with Crippen LogP contribution in [0.2, 0.25) is 0 Å². The van der Waals surface area contributed by atoms with Gasteiger partial charge in [0.1, 0.15) is 11.8 Å². The first-order valence-electron chi connectivity index (χ1n) is 5.51. The van der Waals surface area contributed by atoms with Crippen molar-refractivity contribution in [1.29, 1.82) is 5.26 Å². The summed E-state index contributed by atoms with van der Waals surface area (Å²) in [5, 5.41) is 20.5. The molecule has 0 spiro atoms. The van der Waals surface area contributed by atoms with E-state index in [0.29, 0.717) is 5.69 Å². The van der Waals surface area contributed by atoms with E-state index in [0.717, 1.165) is 22.4 Å². The number of hydrogen-bond acceptors (Lipinski definition) is 3. The molecule has 0 unspecified atom stereocenters. The molecule has 1 aromatic carbocycles. The van der Waals surface area contributed by atoms with Gasteiger partial charge in [-0.3, -0.25) is 0 Å². The zero-order valence-corrected chi connectivity index (χ0v) is 10.3. The second kappa shape index (κ2) is 4.76. The van der Waals surface area contributed by atoms with Crippen molar-refractivity contribution in [2.24, 2.45) is 12.2 Å². The lowest BCUT2D eigenvalue weighted by Crippen LogP contribution is -1.95. The van der Waals surface area contributed by atoms with Gasteiger partial charge in [0.2, 0.25) is 0 Å². The third-order valence-corrected chi connectivity index (χ3v) is 3.00. The van der Waals surface area contributed by atoms with Gasteiger partial charge in [0.25, 0.3) is 0 Å². The quantitative estimate of drug-likeness (QED) is 0.497. The fraction of sp³-hybridized carbons (Fsp3) is 0.143. The van der Waals surface area contributed by atoms with Crippen LogP contribution in [0.3, 0.4) is 0 Å². The van der Waals surface area contributed by atoms with Crippen LogP contribution < -0.4 is 0 Å². The first kappa shape index (κ1) is 11.9. The third kappa shape index (κ3) is 1.98. The lowest BCUT2D eigenvalue weighted by molar-refractivity contribution is 0.322. The third-order valence-electron chi connectivity index (χ3n) is 3.00. The largest absolute Gasteiger partial charge is 0.411 e. The Morgan fingerprint density at radius 1 is 1.33 bits per heavy atom. The number of hydrogen-bond donors (Lipinski definition) is 1. The second-order valence-electron chi connectivity index (χ2n) is 4.09. The fourth-order valence-electron chi connectivity index (χ4n) is 1.96. The van der Waals surface area contributed by atoms with Gasteiger partial charge >= 0.3 is 0 Å². The predicted octanol–water partition coefficient (Wildman–Crippen LogP) is 2.68. The summed E-state index contributed by atoms with van der Waals surface area (Å²) < 4.78 is 1.86. The van der Waals surface area contributed by atoms with Crippen LogP contribution >= 0.6 is 0 Å². The Bertz CT molecular complexity index is 648. The number of rotatable bonds is 2. The molecule has 0 bridgehead atoms. The zero-order chi connectivity index (χ0) is 13.1. The molecular formula is C14H13N3O. The van der Waals surface area contributed by atoms with E-state index in [-0.39, 0.29) is 0 Å². The van der Waals surface area contributed by atoms with E-state index in [9.17, 15) is 0 Å². The molecule has 2 aromatic rings. The molecular weight excluding hydrogens is 226 g/mol. The fourth-order valence-corrected chi connectivity index (χ4v) is 1.96. The van der Waals surface area contributed by atoms with E-state index in [1.54, 1.807) is 6.07 Å². The first-order chi connectivity index (χ1) is 8.67. The maximum atomic E-state index is 8.93. The van der Waals surface area contributed by atoms with Crippen molar-refractivity contribution in [3.05, 3.63) is 47.2 Å². The molecule has 0 aliphatic carbocycles. The Morgan fingerprint density at radius 2 is 2.11 bits per heavy atom. The Balaban J connectivity index is 2.49. The number of nitriles is 1. The molecule has 18 heavy (non-hydrogen) atoms. The smallest absolute Gasteiger partial charge is 0.120 e. The van der Waals surface area contributed by atoms with Crippen molar-refractivity contribution in [2.75, 3.05) is 0 Å². The molecule has 0 saturated heterocycles.